The summed E-state index contributed by atoms with van der Waals surface area (Å²) >= 11 is 0. The Morgan fingerprint density at radius 3 is 2.28 bits per heavy atom. The second-order valence-electron chi connectivity index (χ2n) is 9.47. The molecule has 0 radical (unpaired) electrons. The summed E-state index contributed by atoms with van der Waals surface area (Å²) in [5.74, 6) is -0.280. The highest BCUT2D eigenvalue weighted by atomic mass is 32.2. The number of aromatic nitrogens is 1. The molecule has 1 N–H and O–H groups in total. The molecule has 6 nitrogen and oxygen atoms in total. The molecule has 1 fully saturated rings. The molecule has 7 heteroatoms. The number of sulfone groups is 1. The van der Waals surface area contributed by atoms with Crippen molar-refractivity contribution in [3.63, 3.8) is 0 Å². The zero-order chi connectivity index (χ0) is 25.2. The van der Waals surface area contributed by atoms with E-state index in [-0.39, 0.29) is 16.6 Å². The van der Waals surface area contributed by atoms with Crippen LogP contribution >= 0.6 is 0 Å². The maximum atomic E-state index is 13.1. The molecule has 0 bridgehead atoms. The highest BCUT2D eigenvalue weighted by molar-refractivity contribution is 7.90. The van der Waals surface area contributed by atoms with Gasteiger partial charge in [0.2, 0.25) is 0 Å². The SMILES string of the molecule is O=C(c1ccc(CS(=O)(=O)c2cccc3cccnc23)cc1)N1CCC(O)(Cc2ccccc2)CC1. The van der Waals surface area contributed by atoms with Gasteiger partial charge in [0.1, 0.15) is 0 Å². The molecule has 1 aliphatic rings. The number of piperidine rings is 1. The van der Waals surface area contributed by atoms with Crippen LogP contribution in [0.3, 0.4) is 0 Å². The first-order chi connectivity index (χ1) is 17.3. The molecule has 0 spiro atoms. The lowest BCUT2D eigenvalue weighted by molar-refractivity contribution is -0.0162. The number of benzene rings is 3. The Bertz CT molecular complexity index is 1470. The lowest BCUT2D eigenvalue weighted by Crippen LogP contribution is -2.47. The van der Waals surface area contributed by atoms with Crippen LogP contribution in [0.15, 0.2) is 96.0 Å². The van der Waals surface area contributed by atoms with Gasteiger partial charge >= 0.3 is 0 Å². The summed E-state index contributed by atoms with van der Waals surface area (Å²) in [5, 5.41) is 11.8. The number of hydrogen-bond acceptors (Lipinski definition) is 5. The maximum Gasteiger partial charge on any atom is 0.253 e. The minimum absolute atomic E-state index is 0.107. The standard InChI is InChI=1S/C29H28N2O4S/c32-28(31-18-15-29(33,16-19-31)20-22-6-2-1-3-7-22)25-13-11-23(12-14-25)21-36(34,35)26-10-4-8-24-9-5-17-30-27(24)26/h1-14,17,33H,15-16,18-21H2. The van der Waals surface area contributed by atoms with Crippen LogP contribution in [0.4, 0.5) is 0 Å². The second kappa shape index (κ2) is 9.84. The van der Waals surface area contributed by atoms with Crippen molar-refractivity contribution in [1.29, 1.82) is 0 Å². The molecular formula is C29H28N2O4S. The van der Waals surface area contributed by atoms with E-state index in [0.717, 1.165) is 10.9 Å². The number of nitrogens with zero attached hydrogens (tertiary/aromatic N) is 2. The van der Waals surface area contributed by atoms with Crippen LogP contribution in [0.2, 0.25) is 0 Å². The van der Waals surface area contributed by atoms with E-state index >= 15 is 0 Å². The first-order valence-corrected chi connectivity index (χ1v) is 13.7. The number of amides is 1. The number of carbonyl (C=O) groups excluding carboxylic acids is 1. The van der Waals surface area contributed by atoms with E-state index in [9.17, 15) is 18.3 Å². The van der Waals surface area contributed by atoms with Crippen LogP contribution in [0.5, 0.6) is 0 Å². The van der Waals surface area contributed by atoms with Crippen molar-refractivity contribution in [3.8, 4) is 0 Å². The van der Waals surface area contributed by atoms with Gasteiger partial charge in [0.15, 0.2) is 9.84 Å². The van der Waals surface area contributed by atoms with Gasteiger partial charge < -0.3 is 10.0 Å². The zero-order valence-corrected chi connectivity index (χ0v) is 20.7. The van der Waals surface area contributed by atoms with Gasteiger partial charge in [-0.25, -0.2) is 8.42 Å². The number of hydrogen-bond donors (Lipinski definition) is 1. The molecular weight excluding hydrogens is 472 g/mol. The van der Waals surface area contributed by atoms with E-state index in [1.165, 1.54) is 0 Å². The van der Waals surface area contributed by atoms with Crippen molar-refractivity contribution in [1.82, 2.24) is 9.88 Å². The molecule has 0 atom stereocenters. The Morgan fingerprint density at radius 1 is 0.861 bits per heavy atom. The number of pyridine rings is 1. The predicted molar refractivity (Wildman–Crippen MR) is 139 cm³/mol. The van der Waals surface area contributed by atoms with Crippen LogP contribution in [0, 0.1) is 0 Å². The molecule has 184 valence electrons. The average molecular weight is 501 g/mol. The fraction of sp³-hybridized carbons (Fsp3) is 0.241. The molecule has 1 saturated heterocycles. The normalized spacial score (nSPS) is 15.6. The lowest BCUT2D eigenvalue weighted by atomic mass is 9.85. The Hall–Kier alpha value is -3.55. The number of aliphatic hydroxyl groups is 1. The van der Waals surface area contributed by atoms with E-state index in [2.05, 4.69) is 4.98 Å². The second-order valence-corrected chi connectivity index (χ2v) is 11.4. The zero-order valence-electron chi connectivity index (χ0n) is 19.9. The highest BCUT2D eigenvalue weighted by Gasteiger charge is 2.34. The van der Waals surface area contributed by atoms with Gasteiger partial charge in [-0.3, -0.25) is 9.78 Å². The molecule has 1 aliphatic heterocycles. The highest BCUT2D eigenvalue weighted by Crippen LogP contribution is 2.28. The molecule has 3 aromatic carbocycles. The minimum Gasteiger partial charge on any atom is -0.389 e. The molecule has 1 amide bonds. The first kappa shape index (κ1) is 24.2. The van der Waals surface area contributed by atoms with Crippen LogP contribution < -0.4 is 0 Å². The molecule has 0 saturated carbocycles. The van der Waals surface area contributed by atoms with Crippen molar-refractivity contribution >= 4 is 26.6 Å². The topological polar surface area (TPSA) is 87.6 Å². The van der Waals surface area contributed by atoms with Gasteiger partial charge in [-0.1, -0.05) is 60.7 Å². The van der Waals surface area contributed by atoms with Crippen molar-refractivity contribution in [3.05, 3.63) is 108 Å². The van der Waals surface area contributed by atoms with Crippen molar-refractivity contribution in [2.24, 2.45) is 0 Å². The molecule has 0 aliphatic carbocycles. The summed E-state index contributed by atoms with van der Waals surface area (Å²) in [5.41, 5.74) is 1.85. The summed E-state index contributed by atoms with van der Waals surface area (Å²) in [6.07, 6.45) is 3.20. The van der Waals surface area contributed by atoms with Gasteiger partial charge in [-0.2, -0.15) is 0 Å². The van der Waals surface area contributed by atoms with Gasteiger partial charge in [-0.15, -0.1) is 0 Å². The Kier molecular flexibility index (Phi) is 6.60. The number of likely N-dealkylation sites (tertiary alicyclic amines) is 1. The first-order valence-electron chi connectivity index (χ1n) is 12.0. The smallest absolute Gasteiger partial charge is 0.253 e. The molecule has 0 unspecified atom stereocenters. The van der Waals surface area contributed by atoms with Gasteiger partial charge in [0, 0.05) is 36.7 Å². The predicted octanol–water partition coefficient (Wildman–Crippen LogP) is 4.42. The Balaban J connectivity index is 1.24. The van der Waals surface area contributed by atoms with Crippen LogP contribution in [-0.4, -0.2) is 48.0 Å². The largest absolute Gasteiger partial charge is 0.389 e. The summed E-state index contributed by atoms with van der Waals surface area (Å²) in [4.78, 5) is 19.3. The maximum absolute atomic E-state index is 13.1. The van der Waals surface area contributed by atoms with Gasteiger partial charge in [0.05, 0.1) is 21.8 Å². The van der Waals surface area contributed by atoms with Crippen molar-refractivity contribution in [2.75, 3.05) is 13.1 Å². The molecule has 1 aromatic heterocycles. The third kappa shape index (κ3) is 5.17. The average Bonchev–Trinajstić information content (AvgIpc) is 2.89. The summed E-state index contributed by atoms with van der Waals surface area (Å²) < 4.78 is 26.3. The third-order valence-corrected chi connectivity index (χ3v) is 8.56. The molecule has 2 heterocycles. The quantitative estimate of drug-likeness (QED) is 0.424. The van der Waals surface area contributed by atoms with E-state index in [1.54, 1.807) is 53.6 Å². The lowest BCUT2D eigenvalue weighted by Gasteiger charge is -2.38. The minimum atomic E-state index is -3.62. The monoisotopic (exact) mass is 500 g/mol. The van der Waals surface area contributed by atoms with Crippen molar-refractivity contribution < 1.29 is 18.3 Å². The Morgan fingerprint density at radius 2 is 1.56 bits per heavy atom. The number of para-hydroxylation sites is 1. The summed E-state index contributed by atoms with van der Waals surface area (Å²) in [7, 11) is -3.62. The van der Waals surface area contributed by atoms with Crippen LogP contribution in [-0.2, 0) is 22.0 Å². The summed E-state index contributed by atoms with van der Waals surface area (Å²) in [6.45, 7) is 0.957. The van der Waals surface area contributed by atoms with E-state index in [4.69, 9.17) is 0 Å². The molecule has 36 heavy (non-hydrogen) atoms. The molecule has 4 aromatic rings. The van der Waals surface area contributed by atoms with E-state index in [0.29, 0.717) is 49.0 Å². The number of rotatable bonds is 6. The Labute approximate surface area is 211 Å². The van der Waals surface area contributed by atoms with Gasteiger partial charge in [-0.05, 0) is 48.2 Å². The fourth-order valence-electron chi connectivity index (χ4n) is 4.83. The summed E-state index contributed by atoms with van der Waals surface area (Å²) in [6, 6.07) is 25.4. The number of carbonyl (C=O) groups is 1. The van der Waals surface area contributed by atoms with E-state index < -0.39 is 15.4 Å². The third-order valence-electron chi connectivity index (χ3n) is 6.85. The molecule has 5 rings (SSSR count). The van der Waals surface area contributed by atoms with Crippen molar-refractivity contribution in [2.45, 2.75) is 35.5 Å². The van der Waals surface area contributed by atoms with Crippen LogP contribution in [0.1, 0.15) is 34.3 Å². The fourth-order valence-corrected chi connectivity index (χ4v) is 6.37. The van der Waals surface area contributed by atoms with Gasteiger partial charge in [0.25, 0.3) is 5.91 Å². The van der Waals surface area contributed by atoms with E-state index in [1.807, 2.05) is 42.5 Å². The number of fused-ring (bicyclic) bond motifs is 1. The van der Waals surface area contributed by atoms with Crippen LogP contribution in [0.25, 0.3) is 10.9 Å².